The van der Waals surface area contributed by atoms with Crippen molar-refractivity contribution in [1.82, 2.24) is 0 Å². The van der Waals surface area contributed by atoms with Gasteiger partial charge >= 0.3 is 0 Å². The number of nitrogens with zero attached hydrogens (tertiary/aromatic N) is 1. The molecule has 0 aliphatic heterocycles. The van der Waals surface area contributed by atoms with Crippen LogP contribution in [-0.2, 0) is 10.8 Å². The molecule has 0 radical (unpaired) electrons. The van der Waals surface area contributed by atoms with Gasteiger partial charge in [-0.25, -0.2) is 0 Å². The molecule has 0 fully saturated rings. The van der Waals surface area contributed by atoms with Crippen LogP contribution in [0.25, 0.3) is 66.4 Å². The number of anilines is 3. The summed E-state index contributed by atoms with van der Waals surface area (Å²) in [4.78, 5) is 2.49. The summed E-state index contributed by atoms with van der Waals surface area (Å²) in [6, 6.07) is 64.5. The highest BCUT2D eigenvalue weighted by atomic mass is 16.3. The van der Waals surface area contributed by atoms with Gasteiger partial charge in [-0.2, -0.15) is 0 Å². The molecule has 0 N–H and O–H groups in total. The van der Waals surface area contributed by atoms with Gasteiger partial charge in [-0.15, -0.1) is 0 Å². The molecule has 2 nitrogen and oxygen atoms in total. The largest absolute Gasteiger partial charge is 0.455 e. The first kappa shape index (κ1) is 32.8. The Kier molecular flexibility index (Phi) is 6.98. The Labute approximate surface area is 328 Å². The number of para-hydroxylation sites is 2. The van der Waals surface area contributed by atoms with E-state index in [1.54, 1.807) is 0 Å². The molecule has 2 aliphatic rings. The number of benzene rings is 8. The fourth-order valence-corrected chi connectivity index (χ4v) is 9.90. The van der Waals surface area contributed by atoms with E-state index in [0.29, 0.717) is 0 Å². The third-order valence-electron chi connectivity index (χ3n) is 12.7. The van der Waals surface area contributed by atoms with Crippen molar-refractivity contribution in [2.75, 3.05) is 4.90 Å². The van der Waals surface area contributed by atoms with E-state index in [1.807, 2.05) is 0 Å². The first-order valence-electron chi connectivity index (χ1n) is 19.7. The van der Waals surface area contributed by atoms with Crippen LogP contribution in [0.2, 0.25) is 0 Å². The van der Waals surface area contributed by atoms with Crippen LogP contribution in [0.1, 0.15) is 49.9 Å². The van der Waals surface area contributed by atoms with Crippen molar-refractivity contribution in [3.8, 4) is 44.5 Å². The molecule has 1 heterocycles. The number of fused-ring (bicyclic) bond motifs is 9. The zero-order valence-electron chi connectivity index (χ0n) is 32.1. The molecular weight excluding hydrogens is 679 g/mol. The zero-order valence-corrected chi connectivity index (χ0v) is 32.1. The Morgan fingerprint density at radius 3 is 1.54 bits per heavy atom. The van der Waals surface area contributed by atoms with Crippen molar-refractivity contribution in [3.63, 3.8) is 0 Å². The quantitative estimate of drug-likeness (QED) is 0.176. The van der Waals surface area contributed by atoms with Crippen molar-refractivity contribution in [2.24, 2.45) is 0 Å². The Bertz CT molecular complexity index is 2930. The molecule has 0 saturated carbocycles. The third kappa shape index (κ3) is 4.62. The van der Waals surface area contributed by atoms with E-state index in [9.17, 15) is 0 Å². The van der Waals surface area contributed by atoms with E-state index in [1.165, 1.54) is 44.5 Å². The van der Waals surface area contributed by atoms with Gasteiger partial charge in [0.15, 0.2) is 0 Å². The van der Waals surface area contributed by atoms with Gasteiger partial charge in [-0.3, -0.25) is 0 Å². The molecule has 2 heteroatoms. The lowest BCUT2D eigenvalue weighted by molar-refractivity contribution is 0.660. The van der Waals surface area contributed by atoms with Crippen LogP contribution in [0.4, 0.5) is 17.1 Å². The lowest BCUT2D eigenvalue weighted by atomic mass is 9.82. The minimum atomic E-state index is -0.132. The van der Waals surface area contributed by atoms with Crippen LogP contribution >= 0.6 is 0 Å². The highest BCUT2D eigenvalue weighted by Gasteiger charge is 2.38. The zero-order chi connectivity index (χ0) is 37.8. The van der Waals surface area contributed by atoms with Crippen molar-refractivity contribution in [3.05, 3.63) is 198 Å². The first-order chi connectivity index (χ1) is 27.3. The van der Waals surface area contributed by atoms with E-state index in [-0.39, 0.29) is 10.8 Å². The topological polar surface area (TPSA) is 16.4 Å². The fraction of sp³-hybridized carbons (Fsp3) is 0.111. The summed E-state index contributed by atoms with van der Waals surface area (Å²) in [5.74, 6) is 0. The molecule has 0 bridgehead atoms. The standard InChI is InChI=1S/C54H41NO/c1-53(2)45-24-11-8-18-38(45)40-30-28-35(32-47(40)53)55(36-29-31-41-39-19-9-12-25-46(39)54(3,4)48(41)33-36)49-26-13-10-20-42(49)43-22-15-27-50-51(43)44-23-14-21-37(52(44)56-50)34-16-6-5-7-17-34/h5-33H,1-4H3. The monoisotopic (exact) mass is 719 g/mol. The molecule has 8 aromatic carbocycles. The van der Waals surface area contributed by atoms with E-state index in [0.717, 1.165) is 61.3 Å². The molecular formula is C54H41NO. The maximum Gasteiger partial charge on any atom is 0.143 e. The molecule has 9 aromatic rings. The smallest absolute Gasteiger partial charge is 0.143 e. The number of hydrogen-bond acceptors (Lipinski definition) is 2. The second-order valence-electron chi connectivity index (χ2n) is 16.5. The summed E-state index contributed by atoms with van der Waals surface area (Å²) in [6.07, 6.45) is 0. The summed E-state index contributed by atoms with van der Waals surface area (Å²) >= 11 is 0. The summed E-state index contributed by atoms with van der Waals surface area (Å²) in [5.41, 5.74) is 20.2. The molecule has 56 heavy (non-hydrogen) atoms. The second kappa shape index (κ2) is 11.9. The fourth-order valence-electron chi connectivity index (χ4n) is 9.90. The number of rotatable bonds is 5. The number of hydrogen-bond donors (Lipinski definition) is 0. The predicted molar refractivity (Wildman–Crippen MR) is 234 cm³/mol. The molecule has 11 rings (SSSR count). The van der Waals surface area contributed by atoms with Gasteiger partial charge < -0.3 is 9.32 Å². The van der Waals surface area contributed by atoms with E-state index >= 15 is 0 Å². The molecule has 0 spiro atoms. The third-order valence-corrected chi connectivity index (χ3v) is 12.7. The van der Waals surface area contributed by atoms with Gasteiger partial charge in [-0.1, -0.05) is 167 Å². The van der Waals surface area contributed by atoms with Crippen LogP contribution in [0, 0.1) is 0 Å². The lowest BCUT2D eigenvalue weighted by Gasteiger charge is -2.31. The molecule has 1 aromatic heterocycles. The van der Waals surface area contributed by atoms with Crippen LogP contribution in [-0.4, -0.2) is 0 Å². The lowest BCUT2D eigenvalue weighted by Crippen LogP contribution is -2.18. The van der Waals surface area contributed by atoms with Gasteiger partial charge in [0.2, 0.25) is 0 Å². The summed E-state index contributed by atoms with van der Waals surface area (Å²) in [5, 5.41) is 2.25. The molecule has 0 unspecified atom stereocenters. The molecule has 0 saturated heterocycles. The normalized spacial score (nSPS) is 14.4. The van der Waals surface area contributed by atoms with Crippen molar-refractivity contribution < 1.29 is 4.42 Å². The average molecular weight is 720 g/mol. The summed E-state index contributed by atoms with van der Waals surface area (Å²) in [7, 11) is 0. The van der Waals surface area contributed by atoms with E-state index < -0.39 is 0 Å². The Morgan fingerprint density at radius 1 is 0.393 bits per heavy atom. The minimum absolute atomic E-state index is 0.132. The van der Waals surface area contributed by atoms with Crippen molar-refractivity contribution in [1.29, 1.82) is 0 Å². The molecule has 268 valence electrons. The maximum atomic E-state index is 6.76. The highest BCUT2D eigenvalue weighted by molar-refractivity contribution is 6.16. The maximum absolute atomic E-state index is 6.76. The van der Waals surface area contributed by atoms with Crippen LogP contribution in [0.3, 0.4) is 0 Å². The Morgan fingerprint density at radius 2 is 0.893 bits per heavy atom. The van der Waals surface area contributed by atoms with Gasteiger partial charge in [-0.05, 0) is 92.0 Å². The van der Waals surface area contributed by atoms with Crippen LogP contribution in [0.5, 0.6) is 0 Å². The van der Waals surface area contributed by atoms with Crippen molar-refractivity contribution in [2.45, 2.75) is 38.5 Å². The predicted octanol–water partition coefficient (Wildman–Crippen LogP) is 15.0. The van der Waals surface area contributed by atoms with Gasteiger partial charge in [0.25, 0.3) is 0 Å². The minimum Gasteiger partial charge on any atom is -0.455 e. The molecule has 0 amide bonds. The average Bonchev–Trinajstić information content (AvgIpc) is 3.81. The SMILES string of the molecule is CC1(C)c2ccccc2-c2ccc(N(c3ccc4c(c3)C(C)(C)c3ccccc3-4)c3ccccc3-c3cccc4oc5c(-c6ccccc6)cccc5c34)cc21. The van der Waals surface area contributed by atoms with E-state index in [2.05, 4.69) is 209 Å². The molecule has 0 atom stereocenters. The van der Waals surface area contributed by atoms with Crippen molar-refractivity contribution >= 4 is 39.0 Å². The van der Waals surface area contributed by atoms with Crippen LogP contribution < -0.4 is 4.90 Å². The van der Waals surface area contributed by atoms with Gasteiger partial charge in [0.05, 0.1) is 5.69 Å². The van der Waals surface area contributed by atoms with E-state index in [4.69, 9.17) is 4.42 Å². The molecule has 2 aliphatic carbocycles. The summed E-state index contributed by atoms with van der Waals surface area (Å²) in [6.45, 7) is 9.46. The van der Waals surface area contributed by atoms with Gasteiger partial charge in [0.1, 0.15) is 11.2 Å². The van der Waals surface area contributed by atoms with Crippen LogP contribution in [0.15, 0.2) is 180 Å². The highest BCUT2D eigenvalue weighted by Crippen LogP contribution is 2.54. The first-order valence-corrected chi connectivity index (χ1v) is 19.7. The Hall–Kier alpha value is -6.64. The summed E-state index contributed by atoms with van der Waals surface area (Å²) < 4.78 is 6.76. The van der Waals surface area contributed by atoms with Gasteiger partial charge in [0, 0.05) is 44.1 Å². The second-order valence-corrected chi connectivity index (χ2v) is 16.5. The Balaban J connectivity index is 1.16. The number of furan rings is 1.